The number of anilines is 2. The van der Waals surface area contributed by atoms with Gasteiger partial charge in [0.2, 0.25) is 11.2 Å². The number of aromatic nitrogens is 2. The zero-order valence-corrected chi connectivity index (χ0v) is 15.0. The predicted molar refractivity (Wildman–Crippen MR) is 100 cm³/mol. The molecule has 0 unspecified atom stereocenters. The molecule has 1 heterocycles. The second-order valence-electron chi connectivity index (χ2n) is 6.30. The lowest BCUT2D eigenvalue weighted by Crippen LogP contribution is -2.37. The second-order valence-corrected chi connectivity index (χ2v) is 6.30. The minimum Gasteiger partial charge on any atom is -0.355 e. The maximum atomic E-state index is 12.1. The van der Waals surface area contributed by atoms with E-state index in [0.29, 0.717) is 5.56 Å². The van der Waals surface area contributed by atoms with Gasteiger partial charge in [-0.25, -0.2) is 4.98 Å². The summed E-state index contributed by atoms with van der Waals surface area (Å²) in [6, 6.07) is 15.5. The van der Waals surface area contributed by atoms with Gasteiger partial charge in [-0.15, -0.1) is 0 Å². The van der Waals surface area contributed by atoms with Crippen molar-refractivity contribution in [3.8, 4) is 0 Å². The molecule has 2 N–H and O–H groups in total. The van der Waals surface area contributed by atoms with E-state index in [0.717, 1.165) is 28.2 Å². The van der Waals surface area contributed by atoms with Crippen molar-refractivity contribution in [1.29, 1.82) is 0 Å². The highest BCUT2D eigenvalue weighted by molar-refractivity contribution is 6.00. The summed E-state index contributed by atoms with van der Waals surface area (Å²) in [5.41, 5.74) is 4.42. The Morgan fingerprint density at radius 3 is 2.48 bits per heavy atom. The molecule has 3 aromatic rings. The predicted octanol–water partition coefficient (Wildman–Crippen LogP) is 3.29. The van der Waals surface area contributed by atoms with Gasteiger partial charge in [0.15, 0.2) is 5.82 Å². The molecule has 0 saturated heterocycles. The fourth-order valence-corrected chi connectivity index (χ4v) is 3.11. The summed E-state index contributed by atoms with van der Waals surface area (Å²) in [6.07, 6.45) is 0. The first-order valence-corrected chi connectivity index (χ1v) is 8.39. The average molecular weight is 335 g/mol. The van der Waals surface area contributed by atoms with Gasteiger partial charge in [0.1, 0.15) is 12.6 Å². The third-order valence-electron chi connectivity index (χ3n) is 4.28. The molecule has 0 fully saturated rings. The quantitative estimate of drug-likeness (QED) is 0.719. The van der Waals surface area contributed by atoms with Gasteiger partial charge in [0.05, 0.1) is 11.3 Å². The van der Waals surface area contributed by atoms with Crippen LogP contribution in [-0.4, -0.2) is 17.9 Å². The van der Waals surface area contributed by atoms with Crippen LogP contribution in [0, 0.1) is 0 Å². The van der Waals surface area contributed by atoms with Crippen LogP contribution in [0.1, 0.15) is 35.8 Å². The minimum absolute atomic E-state index is 0.126. The SMILES string of the molecule is CNC(=O)c1ccccc1Nc1nc2ccccc2[n+](C)c1C(C)C. The van der Waals surface area contributed by atoms with Crippen molar-refractivity contribution >= 4 is 28.4 Å². The summed E-state index contributed by atoms with van der Waals surface area (Å²) < 4.78 is 2.16. The molecule has 0 aliphatic heterocycles. The number of aryl methyl sites for hydroxylation is 1. The fraction of sp³-hybridized carbons (Fsp3) is 0.250. The molecule has 0 aliphatic rings. The van der Waals surface area contributed by atoms with E-state index in [1.165, 1.54) is 0 Å². The number of hydrogen-bond donors (Lipinski definition) is 2. The number of rotatable bonds is 4. The molecule has 128 valence electrons. The molecule has 0 aliphatic carbocycles. The van der Waals surface area contributed by atoms with Gasteiger partial charge in [-0.05, 0) is 18.2 Å². The van der Waals surface area contributed by atoms with E-state index in [9.17, 15) is 4.79 Å². The summed E-state index contributed by atoms with van der Waals surface area (Å²) in [5, 5.41) is 6.06. The molecule has 5 heteroatoms. The van der Waals surface area contributed by atoms with E-state index in [-0.39, 0.29) is 11.8 Å². The molecule has 0 radical (unpaired) electrons. The number of carbonyl (C=O) groups is 1. The van der Waals surface area contributed by atoms with E-state index >= 15 is 0 Å². The Morgan fingerprint density at radius 2 is 1.76 bits per heavy atom. The maximum absolute atomic E-state index is 12.1. The highest BCUT2D eigenvalue weighted by Gasteiger charge is 2.23. The van der Waals surface area contributed by atoms with Crippen molar-refractivity contribution in [2.24, 2.45) is 7.05 Å². The Hall–Kier alpha value is -2.95. The number of benzene rings is 2. The number of fused-ring (bicyclic) bond motifs is 1. The van der Waals surface area contributed by atoms with Gasteiger partial charge in [-0.1, -0.05) is 38.1 Å². The van der Waals surface area contributed by atoms with Gasteiger partial charge in [0, 0.05) is 19.0 Å². The van der Waals surface area contributed by atoms with Crippen molar-refractivity contribution in [3.05, 3.63) is 59.8 Å². The zero-order valence-electron chi connectivity index (χ0n) is 15.0. The number of nitrogens with one attached hydrogen (secondary N) is 2. The molecular weight excluding hydrogens is 312 g/mol. The lowest BCUT2D eigenvalue weighted by atomic mass is 10.1. The number of hydrogen-bond acceptors (Lipinski definition) is 3. The molecule has 1 amide bonds. The smallest absolute Gasteiger partial charge is 0.253 e. The van der Waals surface area contributed by atoms with Crippen LogP contribution in [0.2, 0.25) is 0 Å². The van der Waals surface area contributed by atoms with Gasteiger partial charge >= 0.3 is 0 Å². The monoisotopic (exact) mass is 335 g/mol. The average Bonchev–Trinajstić information content (AvgIpc) is 2.61. The molecular formula is C20H23N4O+. The highest BCUT2D eigenvalue weighted by atomic mass is 16.1. The number of nitrogens with zero attached hydrogens (tertiary/aromatic N) is 2. The van der Waals surface area contributed by atoms with Crippen molar-refractivity contribution in [2.75, 3.05) is 12.4 Å². The van der Waals surface area contributed by atoms with Crippen molar-refractivity contribution < 1.29 is 9.36 Å². The van der Waals surface area contributed by atoms with Crippen LogP contribution in [-0.2, 0) is 7.05 Å². The molecule has 2 aromatic carbocycles. The summed E-state index contributed by atoms with van der Waals surface area (Å²) in [6.45, 7) is 4.28. The van der Waals surface area contributed by atoms with E-state index in [4.69, 9.17) is 4.98 Å². The number of carbonyl (C=O) groups excluding carboxylic acids is 1. The van der Waals surface area contributed by atoms with Crippen LogP contribution in [0.4, 0.5) is 11.5 Å². The molecule has 0 spiro atoms. The Labute approximate surface area is 147 Å². The number of amides is 1. The van der Waals surface area contributed by atoms with Crippen LogP contribution in [0.15, 0.2) is 48.5 Å². The van der Waals surface area contributed by atoms with E-state index in [1.54, 1.807) is 13.1 Å². The lowest BCUT2D eigenvalue weighted by Gasteiger charge is -2.15. The summed E-state index contributed by atoms with van der Waals surface area (Å²) in [5.74, 6) is 0.920. The Balaban J connectivity index is 2.17. The highest BCUT2D eigenvalue weighted by Crippen LogP contribution is 2.26. The lowest BCUT2D eigenvalue weighted by molar-refractivity contribution is -0.653. The van der Waals surface area contributed by atoms with E-state index in [2.05, 4.69) is 42.2 Å². The van der Waals surface area contributed by atoms with Gasteiger partial charge < -0.3 is 10.6 Å². The molecule has 25 heavy (non-hydrogen) atoms. The third-order valence-corrected chi connectivity index (χ3v) is 4.28. The molecule has 3 rings (SSSR count). The van der Waals surface area contributed by atoms with Crippen LogP contribution < -0.4 is 15.2 Å². The van der Waals surface area contributed by atoms with Gasteiger partial charge in [0.25, 0.3) is 5.91 Å². The summed E-state index contributed by atoms with van der Waals surface area (Å²) >= 11 is 0. The molecule has 1 aromatic heterocycles. The largest absolute Gasteiger partial charge is 0.355 e. The van der Waals surface area contributed by atoms with Crippen molar-refractivity contribution in [1.82, 2.24) is 10.3 Å². The summed E-state index contributed by atoms with van der Waals surface area (Å²) in [4.78, 5) is 17.0. The molecule has 0 atom stereocenters. The second kappa shape index (κ2) is 6.89. The van der Waals surface area contributed by atoms with Crippen LogP contribution >= 0.6 is 0 Å². The Morgan fingerprint density at radius 1 is 1.08 bits per heavy atom. The van der Waals surface area contributed by atoms with Crippen LogP contribution in [0.25, 0.3) is 11.0 Å². The first-order chi connectivity index (χ1) is 12.0. The fourth-order valence-electron chi connectivity index (χ4n) is 3.11. The van der Waals surface area contributed by atoms with Crippen molar-refractivity contribution in [3.63, 3.8) is 0 Å². The summed E-state index contributed by atoms with van der Waals surface area (Å²) in [7, 11) is 3.68. The topological polar surface area (TPSA) is 57.9 Å². The number of para-hydroxylation sites is 3. The normalized spacial score (nSPS) is 10.9. The van der Waals surface area contributed by atoms with E-state index in [1.807, 2.05) is 36.4 Å². The van der Waals surface area contributed by atoms with Crippen molar-refractivity contribution in [2.45, 2.75) is 19.8 Å². The van der Waals surface area contributed by atoms with Gasteiger partial charge in [-0.2, -0.15) is 4.57 Å². The van der Waals surface area contributed by atoms with Crippen LogP contribution in [0.3, 0.4) is 0 Å². The molecule has 5 nitrogen and oxygen atoms in total. The zero-order chi connectivity index (χ0) is 18.0. The standard InChI is InChI=1S/C20H22N4O/c1-13(2)18-19(23-16-11-7-8-12-17(16)24(18)4)22-15-10-6-5-9-14(15)20(25)21-3/h5-13H,1-4H3,(H-,21,22,23,25)/p+1. The third kappa shape index (κ3) is 3.18. The first-order valence-electron chi connectivity index (χ1n) is 8.39. The minimum atomic E-state index is -0.126. The van der Waals surface area contributed by atoms with E-state index < -0.39 is 0 Å². The first kappa shape index (κ1) is 16.9. The molecule has 0 saturated carbocycles. The Kier molecular flexibility index (Phi) is 4.65. The molecule has 0 bridgehead atoms. The Bertz CT molecular complexity index is 934. The maximum Gasteiger partial charge on any atom is 0.253 e. The van der Waals surface area contributed by atoms with Crippen LogP contribution in [0.5, 0.6) is 0 Å². The van der Waals surface area contributed by atoms with Gasteiger partial charge in [-0.3, -0.25) is 4.79 Å².